The van der Waals surface area contributed by atoms with Gasteiger partial charge in [0, 0.05) is 13.1 Å². The normalized spacial score (nSPS) is 11.9. The lowest BCUT2D eigenvalue weighted by atomic mass is 10.2. The number of hydrogen-bond acceptors (Lipinski definition) is 5. The number of rotatable bonds is 9. The third kappa shape index (κ3) is 8.13. The van der Waals surface area contributed by atoms with Gasteiger partial charge in [0.2, 0.25) is 0 Å². The molecular formula is C13H25N3O5. The van der Waals surface area contributed by atoms with E-state index in [4.69, 9.17) is 5.11 Å². The van der Waals surface area contributed by atoms with E-state index < -0.39 is 30.4 Å². The van der Waals surface area contributed by atoms with Gasteiger partial charge in [-0.05, 0) is 34.0 Å². The number of nitrogens with one attached hydrogen (secondary N) is 1. The first-order valence-electron chi connectivity index (χ1n) is 6.81. The SMILES string of the molecule is CCN(CCCN(C)C)C(=O)N[C@@H](CC(=O)OC)C(=O)O. The molecule has 0 radical (unpaired) electrons. The van der Waals surface area contributed by atoms with Gasteiger partial charge >= 0.3 is 18.0 Å². The van der Waals surface area contributed by atoms with E-state index in [1.165, 1.54) is 12.0 Å². The lowest BCUT2D eigenvalue weighted by Crippen LogP contribution is -2.49. The van der Waals surface area contributed by atoms with Crippen LogP contribution in [0.2, 0.25) is 0 Å². The van der Waals surface area contributed by atoms with Crippen molar-refractivity contribution in [3.05, 3.63) is 0 Å². The smallest absolute Gasteiger partial charge is 0.326 e. The number of aliphatic carboxylic acids is 1. The molecule has 0 unspecified atom stereocenters. The zero-order valence-electron chi connectivity index (χ0n) is 13.1. The Kier molecular flexibility index (Phi) is 9.11. The van der Waals surface area contributed by atoms with Crippen LogP contribution in [-0.2, 0) is 14.3 Å². The molecule has 122 valence electrons. The van der Waals surface area contributed by atoms with Gasteiger partial charge < -0.3 is 25.0 Å². The Balaban J connectivity index is 4.49. The van der Waals surface area contributed by atoms with E-state index in [1.807, 2.05) is 25.9 Å². The summed E-state index contributed by atoms with van der Waals surface area (Å²) in [4.78, 5) is 37.7. The zero-order valence-corrected chi connectivity index (χ0v) is 13.1. The summed E-state index contributed by atoms with van der Waals surface area (Å²) < 4.78 is 4.42. The van der Waals surface area contributed by atoms with Crippen molar-refractivity contribution >= 4 is 18.0 Å². The Morgan fingerprint density at radius 2 is 1.86 bits per heavy atom. The quantitative estimate of drug-likeness (QED) is 0.581. The number of ether oxygens (including phenoxy) is 1. The van der Waals surface area contributed by atoms with Gasteiger partial charge in [0.15, 0.2) is 0 Å². The number of nitrogens with zero attached hydrogens (tertiary/aromatic N) is 2. The molecule has 8 nitrogen and oxygen atoms in total. The maximum absolute atomic E-state index is 12.0. The number of esters is 1. The van der Waals surface area contributed by atoms with Gasteiger partial charge in [-0.25, -0.2) is 9.59 Å². The fourth-order valence-corrected chi connectivity index (χ4v) is 1.67. The average molecular weight is 303 g/mol. The fraction of sp³-hybridized carbons (Fsp3) is 0.769. The van der Waals surface area contributed by atoms with Crippen LogP contribution in [0.4, 0.5) is 4.79 Å². The minimum absolute atomic E-state index is 0.396. The van der Waals surface area contributed by atoms with Crippen LogP contribution in [0.3, 0.4) is 0 Å². The standard InChI is InChI=1S/C13H25N3O5/c1-5-16(8-6-7-15(2)3)13(20)14-10(12(18)19)9-11(17)21-4/h10H,5-9H2,1-4H3,(H,14,20)(H,18,19)/t10-/m0/s1. The lowest BCUT2D eigenvalue weighted by Gasteiger charge is -2.24. The fourth-order valence-electron chi connectivity index (χ4n) is 1.67. The predicted octanol–water partition coefficient (Wildman–Crippen LogP) is -0.0141. The molecule has 21 heavy (non-hydrogen) atoms. The van der Waals surface area contributed by atoms with Gasteiger partial charge in [-0.15, -0.1) is 0 Å². The minimum atomic E-state index is -1.28. The Hall–Kier alpha value is -1.83. The molecule has 0 aliphatic heterocycles. The largest absolute Gasteiger partial charge is 0.480 e. The summed E-state index contributed by atoms with van der Waals surface area (Å²) in [6.45, 7) is 3.62. The molecule has 0 aromatic heterocycles. The summed E-state index contributed by atoms with van der Waals surface area (Å²) in [5.74, 6) is -1.95. The maximum atomic E-state index is 12.0. The number of hydrogen-bond donors (Lipinski definition) is 2. The van der Waals surface area contributed by atoms with Crippen LogP contribution < -0.4 is 5.32 Å². The van der Waals surface area contributed by atoms with E-state index in [-0.39, 0.29) is 0 Å². The monoisotopic (exact) mass is 303 g/mol. The molecule has 0 aromatic carbocycles. The number of urea groups is 1. The van der Waals surface area contributed by atoms with Gasteiger partial charge in [-0.3, -0.25) is 4.79 Å². The molecule has 0 spiro atoms. The van der Waals surface area contributed by atoms with E-state index >= 15 is 0 Å². The second kappa shape index (κ2) is 9.98. The molecule has 0 rings (SSSR count). The molecule has 0 aliphatic carbocycles. The van der Waals surface area contributed by atoms with E-state index in [2.05, 4.69) is 10.1 Å². The van der Waals surface area contributed by atoms with E-state index in [0.29, 0.717) is 13.1 Å². The second-order valence-electron chi connectivity index (χ2n) is 4.86. The number of carboxylic acid groups (broad SMARTS) is 1. The molecule has 0 aromatic rings. The summed E-state index contributed by atoms with van der Waals surface area (Å²) in [6.07, 6.45) is 0.385. The van der Waals surface area contributed by atoms with Crippen LogP contribution in [0.25, 0.3) is 0 Å². The number of carboxylic acids is 1. The van der Waals surface area contributed by atoms with Crippen LogP contribution in [0, 0.1) is 0 Å². The number of amides is 2. The molecule has 0 saturated carbocycles. The maximum Gasteiger partial charge on any atom is 0.326 e. The molecule has 2 amide bonds. The molecule has 1 atom stereocenters. The number of carbonyl (C=O) groups is 3. The molecular weight excluding hydrogens is 278 g/mol. The highest BCUT2D eigenvalue weighted by Gasteiger charge is 2.25. The minimum Gasteiger partial charge on any atom is -0.480 e. The second-order valence-corrected chi connectivity index (χ2v) is 4.86. The summed E-state index contributed by atoms with van der Waals surface area (Å²) >= 11 is 0. The third-order valence-corrected chi connectivity index (χ3v) is 2.90. The first kappa shape index (κ1) is 19.2. The molecule has 0 aliphatic rings. The van der Waals surface area contributed by atoms with E-state index in [9.17, 15) is 14.4 Å². The van der Waals surface area contributed by atoms with Crippen molar-refractivity contribution < 1.29 is 24.2 Å². The molecule has 0 heterocycles. The molecule has 0 bridgehead atoms. The topological polar surface area (TPSA) is 99.2 Å². The zero-order chi connectivity index (χ0) is 16.4. The van der Waals surface area contributed by atoms with Crippen molar-refractivity contribution in [3.8, 4) is 0 Å². The van der Waals surface area contributed by atoms with Crippen molar-refractivity contribution in [1.82, 2.24) is 15.1 Å². The summed E-state index contributed by atoms with van der Waals surface area (Å²) in [7, 11) is 5.04. The molecule has 0 saturated heterocycles. The van der Waals surface area contributed by atoms with Crippen LogP contribution in [-0.4, -0.2) is 79.8 Å². The first-order valence-corrected chi connectivity index (χ1v) is 6.81. The average Bonchev–Trinajstić information content (AvgIpc) is 2.41. The van der Waals surface area contributed by atoms with Crippen molar-refractivity contribution in [1.29, 1.82) is 0 Å². The molecule has 2 N–H and O–H groups in total. The van der Waals surface area contributed by atoms with Crippen molar-refractivity contribution in [2.45, 2.75) is 25.8 Å². The van der Waals surface area contributed by atoms with Gasteiger partial charge in [0.25, 0.3) is 0 Å². The molecule has 0 fully saturated rings. The first-order chi connectivity index (χ1) is 9.81. The van der Waals surface area contributed by atoms with Crippen molar-refractivity contribution in [3.63, 3.8) is 0 Å². The summed E-state index contributed by atoms with van der Waals surface area (Å²) in [6, 6.07) is -1.78. The Morgan fingerprint density at radius 3 is 2.29 bits per heavy atom. The summed E-state index contributed by atoms with van der Waals surface area (Å²) in [5, 5.41) is 11.4. The number of carbonyl (C=O) groups excluding carboxylic acids is 2. The summed E-state index contributed by atoms with van der Waals surface area (Å²) in [5.41, 5.74) is 0. The van der Waals surface area contributed by atoms with Gasteiger partial charge in [-0.1, -0.05) is 0 Å². The van der Waals surface area contributed by atoms with Gasteiger partial charge in [0.05, 0.1) is 13.5 Å². The highest BCUT2D eigenvalue weighted by Crippen LogP contribution is 1.99. The van der Waals surface area contributed by atoms with Crippen LogP contribution in [0.5, 0.6) is 0 Å². The Bertz CT molecular complexity index is 360. The van der Waals surface area contributed by atoms with Gasteiger partial charge in [0.1, 0.15) is 6.04 Å². The predicted molar refractivity (Wildman–Crippen MR) is 77.0 cm³/mol. The van der Waals surface area contributed by atoms with Crippen LogP contribution in [0.1, 0.15) is 19.8 Å². The Morgan fingerprint density at radius 1 is 1.24 bits per heavy atom. The third-order valence-electron chi connectivity index (χ3n) is 2.90. The van der Waals surface area contributed by atoms with Crippen LogP contribution in [0.15, 0.2) is 0 Å². The van der Waals surface area contributed by atoms with Crippen LogP contribution >= 0.6 is 0 Å². The van der Waals surface area contributed by atoms with Crippen molar-refractivity contribution in [2.75, 3.05) is 40.8 Å². The van der Waals surface area contributed by atoms with E-state index in [0.717, 1.165) is 13.0 Å². The number of methoxy groups -OCH3 is 1. The Labute approximate surface area is 125 Å². The highest BCUT2D eigenvalue weighted by atomic mass is 16.5. The van der Waals surface area contributed by atoms with Crippen molar-refractivity contribution in [2.24, 2.45) is 0 Å². The van der Waals surface area contributed by atoms with Gasteiger partial charge in [-0.2, -0.15) is 0 Å². The lowest BCUT2D eigenvalue weighted by molar-refractivity contribution is -0.147. The highest BCUT2D eigenvalue weighted by molar-refractivity contribution is 5.86. The van der Waals surface area contributed by atoms with E-state index in [1.54, 1.807) is 0 Å². The molecule has 8 heteroatoms.